The zero-order valence-corrected chi connectivity index (χ0v) is 14.0. The molecule has 0 bridgehead atoms. The molecule has 0 unspecified atom stereocenters. The first-order valence-corrected chi connectivity index (χ1v) is 8.30. The molecule has 1 aliphatic heterocycles. The van der Waals surface area contributed by atoms with E-state index in [4.69, 9.17) is 0 Å². The zero-order valence-electron chi connectivity index (χ0n) is 13.2. The predicted molar refractivity (Wildman–Crippen MR) is 95.1 cm³/mol. The van der Waals surface area contributed by atoms with Crippen LogP contribution in [0.4, 0.5) is 4.79 Å². The summed E-state index contributed by atoms with van der Waals surface area (Å²) in [5, 5.41) is 0.858. The molecule has 2 heterocycles. The van der Waals surface area contributed by atoms with Crippen molar-refractivity contribution in [3.05, 3.63) is 53.6 Å². The number of aromatic nitrogens is 1. The van der Waals surface area contributed by atoms with E-state index in [1.54, 1.807) is 0 Å². The second-order valence-corrected chi connectivity index (χ2v) is 6.68. The van der Waals surface area contributed by atoms with Crippen molar-refractivity contribution >= 4 is 39.9 Å². The van der Waals surface area contributed by atoms with E-state index in [-0.39, 0.29) is 17.2 Å². The number of nitrogens with zero attached hydrogens (tertiary/aromatic N) is 2. The minimum atomic E-state index is -0.212. The second kappa shape index (κ2) is 6.08. The number of hydrogen-bond acceptors (Lipinski definition) is 3. The van der Waals surface area contributed by atoms with Gasteiger partial charge >= 0.3 is 0 Å². The molecule has 3 rings (SSSR count). The van der Waals surface area contributed by atoms with E-state index in [1.165, 1.54) is 4.90 Å². The van der Waals surface area contributed by atoms with Crippen molar-refractivity contribution in [3.63, 3.8) is 0 Å². The van der Waals surface area contributed by atoms with Crippen molar-refractivity contribution in [2.24, 2.45) is 0 Å². The summed E-state index contributed by atoms with van der Waals surface area (Å²) in [6.07, 6.45) is 5.65. The third-order valence-corrected chi connectivity index (χ3v) is 4.66. The number of carbonyl (C=O) groups is 2. The molecule has 1 saturated heterocycles. The number of imide groups is 1. The second-order valence-electron chi connectivity index (χ2n) is 5.69. The van der Waals surface area contributed by atoms with Crippen molar-refractivity contribution < 1.29 is 9.59 Å². The van der Waals surface area contributed by atoms with E-state index in [1.807, 2.05) is 56.5 Å². The van der Waals surface area contributed by atoms with Crippen molar-refractivity contribution in [2.75, 3.05) is 0 Å². The molecular weight excluding hydrogens is 308 g/mol. The van der Waals surface area contributed by atoms with Crippen LogP contribution >= 0.6 is 11.8 Å². The van der Waals surface area contributed by atoms with E-state index >= 15 is 0 Å². The SMILES string of the molecule is C=CCn1cc(/C=C2/SC(=O)N(C(C)C)C2=O)c2ccccc21. The Bertz CT molecular complexity index is 833. The third kappa shape index (κ3) is 2.72. The smallest absolute Gasteiger partial charge is 0.293 e. The van der Waals surface area contributed by atoms with Gasteiger partial charge in [-0.25, -0.2) is 0 Å². The van der Waals surface area contributed by atoms with Crippen LogP contribution < -0.4 is 0 Å². The molecular formula is C18H18N2O2S. The topological polar surface area (TPSA) is 42.3 Å². The monoisotopic (exact) mass is 326 g/mol. The number of benzene rings is 1. The zero-order chi connectivity index (χ0) is 16.6. The molecule has 1 fully saturated rings. The summed E-state index contributed by atoms with van der Waals surface area (Å²) in [7, 11) is 0. The molecule has 5 heteroatoms. The summed E-state index contributed by atoms with van der Waals surface area (Å²) >= 11 is 1.01. The van der Waals surface area contributed by atoms with Crippen molar-refractivity contribution in [1.29, 1.82) is 0 Å². The maximum Gasteiger partial charge on any atom is 0.293 e. The highest BCUT2D eigenvalue weighted by Crippen LogP contribution is 2.35. The molecule has 2 amide bonds. The number of allylic oxidation sites excluding steroid dienone is 1. The molecule has 23 heavy (non-hydrogen) atoms. The summed E-state index contributed by atoms with van der Waals surface area (Å²) in [4.78, 5) is 26.2. The minimum absolute atomic E-state index is 0.129. The first-order chi connectivity index (χ1) is 11.0. The van der Waals surface area contributed by atoms with Gasteiger partial charge in [0.1, 0.15) is 0 Å². The number of thioether (sulfide) groups is 1. The van der Waals surface area contributed by atoms with Gasteiger partial charge in [0.05, 0.1) is 4.91 Å². The van der Waals surface area contributed by atoms with E-state index in [2.05, 4.69) is 11.1 Å². The number of rotatable bonds is 4. The molecule has 0 spiro atoms. The van der Waals surface area contributed by atoms with Crippen LogP contribution in [0.5, 0.6) is 0 Å². The molecule has 0 aliphatic carbocycles. The fraction of sp³-hybridized carbons (Fsp3) is 0.222. The molecule has 0 N–H and O–H groups in total. The lowest BCUT2D eigenvalue weighted by Crippen LogP contribution is -2.34. The van der Waals surface area contributed by atoms with Gasteiger partial charge < -0.3 is 4.57 Å². The van der Waals surface area contributed by atoms with Crippen molar-refractivity contribution in [2.45, 2.75) is 26.4 Å². The maximum atomic E-state index is 12.4. The van der Waals surface area contributed by atoms with Gasteiger partial charge in [0, 0.05) is 35.2 Å². The number of para-hydroxylation sites is 1. The highest BCUT2D eigenvalue weighted by molar-refractivity contribution is 8.18. The van der Waals surface area contributed by atoms with Crippen molar-refractivity contribution in [1.82, 2.24) is 9.47 Å². The highest BCUT2D eigenvalue weighted by atomic mass is 32.2. The predicted octanol–water partition coefficient (Wildman–Crippen LogP) is 4.27. The van der Waals surface area contributed by atoms with E-state index < -0.39 is 0 Å². The quantitative estimate of drug-likeness (QED) is 0.622. The Labute approximate surface area is 139 Å². The first-order valence-electron chi connectivity index (χ1n) is 7.48. The lowest BCUT2D eigenvalue weighted by atomic mass is 10.1. The average Bonchev–Trinajstić information content (AvgIpc) is 2.99. The molecule has 4 nitrogen and oxygen atoms in total. The molecule has 2 aromatic rings. The maximum absolute atomic E-state index is 12.4. The van der Waals surface area contributed by atoms with Crippen molar-refractivity contribution in [3.8, 4) is 0 Å². The van der Waals surface area contributed by atoms with Crippen LogP contribution in [-0.2, 0) is 11.3 Å². The third-order valence-electron chi connectivity index (χ3n) is 3.77. The lowest BCUT2D eigenvalue weighted by Gasteiger charge is -2.16. The summed E-state index contributed by atoms with van der Waals surface area (Å²) in [6.45, 7) is 8.16. The van der Waals surface area contributed by atoms with Gasteiger partial charge in [-0.2, -0.15) is 0 Å². The molecule has 1 aromatic carbocycles. The summed E-state index contributed by atoms with van der Waals surface area (Å²) in [5.74, 6) is -0.212. The lowest BCUT2D eigenvalue weighted by molar-refractivity contribution is -0.123. The van der Waals surface area contributed by atoms with E-state index in [0.29, 0.717) is 11.4 Å². The van der Waals surface area contributed by atoms with Crippen LogP contribution in [0.1, 0.15) is 19.4 Å². The molecule has 1 aromatic heterocycles. The summed E-state index contributed by atoms with van der Waals surface area (Å²) < 4.78 is 2.08. The standard InChI is InChI=1S/C18H18N2O2S/c1-4-9-19-11-13(14-7-5-6-8-15(14)19)10-16-17(21)20(12(2)3)18(22)23-16/h4-8,10-12H,1,9H2,2-3H3/b16-10+. The number of fused-ring (bicyclic) bond motifs is 1. The normalized spacial score (nSPS) is 17.0. The van der Waals surface area contributed by atoms with Gasteiger partial charge in [-0.05, 0) is 37.8 Å². The number of hydrogen-bond donors (Lipinski definition) is 0. The average molecular weight is 326 g/mol. The Kier molecular flexibility index (Phi) is 4.13. The first kappa shape index (κ1) is 15.6. The van der Waals surface area contributed by atoms with Gasteiger partial charge in [0.2, 0.25) is 0 Å². The minimum Gasteiger partial charge on any atom is -0.343 e. The molecule has 1 aliphatic rings. The molecule has 118 valence electrons. The Morgan fingerprint density at radius 2 is 2.00 bits per heavy atom. The highest BCUT2D eigenvalue weighted by Gasteiger charge is 2.36. The molecule has 0 radical (unpaired) electrons. The van der Waals surface area contributed by atoms with Crippen LogP contribution in [0.3, 0.4) is 0 Å². The van der Waals surface area contributed by atoms with Crippen LogP contribution in [-0.4, -0.2) is 26.7 Å². The largest absolute Gasteiger partial charge is 0.343 e. The molecule has 0 saturated carbocycles. The van der Waals surface area contributed by atoms with E-state index in [0.717, 1.165) is 28.2 Å². The van der Waals surface area contributed by atoms with Gasteiger partial charge in [0.15, 0.2) is 0 Å². The van der Waals surface area contributed by atoms with Crippen LogP contribution in [0.15, 0.2) is 48.0 Å². The van der Waals surface area contributed by atoms with Gasteiger partial charge in [-0.15, -0.1) is 6.58 Å². The summed E-state index contributed by atoms with van der Waals surface area (Å²) in [6, 6.07) is 7.88. The Balaban J connectivity index is 2.06. The van der Waals surface area contributed by atoms with Crippen LogP contribution in [0.2, 0.25) is 0 Å². The Morgan fingerprint density at radius 1 is 1.26 bits per heavy atom. The Hall–Kier alpha value is -2.27. The fourth-order valence-electron chi connectivity index (χ4n) is 2.75. The van der Waals surface area contributed by atoms with Gasteiger partial charge in [-0.1, -0.05) is 24.3 Å². The van der Waals surface area contributed by atoms with Crippen LogP contribution in [0, 0.1) is 0 Å². The van der Waals surface area contributed by atoms with Crippen LogP contribution in [0.25, 0.3) is 17.0 Å². The number of amides is 2. The Morgan fingerprint density at radius 3 is 2.65 bits per heavy atom. The fourth-order valence-corrected chi connectivity index (χ4v) is 3.70. The van der Waals surface area contributed by atoms with E-state index in [9.17, 15) is 9.59 Å². The van der Waals surface area contributed by atoms with Gasteiger partial charge in [0.25, 0.3) is 11.1 Å². The summed E-state index contributed by atoms with van der Waals surface area (Å²) in [5.41, 5.74) is 2.03. The van der Waals surface area contributed by atoms with Gasteiger partial charge in [-0.3, -0.25) is 14.5 Å². The molecule has 0 atom stereocenters. The number of carbonyl (C=O) groups excluding carboxylic acids is 2.